The molecule has 118 valence electrons. The Balaban J connectivity index is 2.06. The minimum absolute atomic E-state index is 0.318. The first-order valence-electron chi connectivity index (χ1n) is 7.49. The van der Waals surface area contributed by atoms with Crippen LogP contribution in [-0.2, 0) is 16.4 Å². The lowest BCUT2D eigenvalue weighted by Gasteiger charge is -2.29. The van der Waals surface area contributed by atoms with E-state index in [1.54, 1.807) is 18.2 Å². The molecule has 0 aliphatic carbocycles. The summed E-state index contributed by atoms with van der Waals surface area (Å²) in [5.74, 6) is 0.419. The summed E-state index contributed by atoms with van der Waals surface area (Å²) in [7, 11) is -1.38. The van der Waals surface area contributed by atoms with Crippen LogP contribution in [0.2, 0.25) is 0 Å². The van der Waals surface area contributed by atoms with Crippen molar-refractivity contribution in [3.63, 3.8) is 0 Å². The van der Waals surface area contributed by atoms with Gasteiger partial charge in [-0.2, -0.15) is 0 Å². The molecule has 0 unspecified atom stereocenters. The second kappa shape index (κ2) is 6.77. The van der Waals surface area contributed by atoms with E-state index in [0.29, 0.717) is 29.5 Å². The molecule has 0 saturated carbocycles. The molecular formula is C15H25N3O2S. The molecule has 0 spiro atoms. The summed E-state index contributed by atoms with van der Waals surface area (Å²) in [5.41, 5.74) is 7.02. The van der Waals surface area contributed by atoms with Crippen LogP contribution >= 0.6 is 0 Å². The van der Waals surface area contributed by atoms with Gasteiger partial charge in [0.15, 0.2) is 0 Å². The minimum Gasteiger partial charge on any atom is -0.399 e. The van der Waals surface area contributed by atoms with Gasteiger partial charge in [-0.25, -0.2) is 13.1 Å². The Morgan fingerprint density at radius 2 is 2.00 bits per heavy atom. The fourth-order valence-corrected chi connectivity index (χ4v) is 4.14. The molecule has 1 aliphatic heterocycles. The Morgan fingerprint density at radius 3 is 2.62 bits per heavy atom. The molecule has 1 aromatic carbocycles. The lowest BCUT2D eigenvalue weighted by atomic mass is 9.98. The van der Waals surface area contributed by atoms with Gasteiger partial charge in [0, 0.05) is 12.2 Å². The van der Waals surface area contributed by atoms with Gasteiger partial charge >= 0.3 is 0 Å². The number of sulfonamides is 1. The number of likely N-dealkylation sites (tertiary alicyclic amines) is 1. The monoisotopic (exact) mass is 311 g/mol. The summed E-state index contributed by atoms with van der Waals surface area (Å²) in [5, 5.41) is 0. The van der Waals surface area contributed by atoms with E-state index >= 15 is 0 Å². The topological polar surface area (TPSA) is 75.4 Å². The second-order valence-corrected chi connectivity index (χ2v) is 7.55. The number of nitrogen functional groups attached to an aromatic ring is 1. The first kappa shape index (κ1) is 16.3. The molecule has 6 heteroatoms. The Kier molecular flexibility index (Phi) is 5.24. The van der Waals surface area contributed by atoms with Crippen LogP contribution in [0.4, 0.5) is 5.69 Å². The van der Waals surface area contributed by atoms with Gasteiger partial charge in [-0.05, 0) is 63.0 Å². The number of nitrogens with zero attached hydrogens (tertiary/aromatic N) is 1. The van der Waals surface area contributed by atoms with E-state index < -0.39 is 10.0 Å². The smallest absolute Gasteiger partial charge is 0.240 e. The summed E-state index contributed by atoms with van der Waals surface area (Å²) in [6, 6.07) is 5.09. The molecule has 0 amide bonds. The largest absolute Gasteiger partial charge is 0.399 e. The van der Waals surface area contributed by atoms with Crippen molar-refractivity contribution >= 4 is 15.7 Å². The fraction of sp³-hybridized carbons (Fsp3) is 0.600. The van der Waals surface area contributed by atoms with E-state index in [1.807, 2.05) is 6.92 Å². The molecule has 0 bridgehead atoms. The number of piperidine rings is 1. The van der Waals surface area contributed by atoms with E-state index in [-0.39, 0.29) is 0 Å². The number of nitrogens with two attached hydrogens (primary N) is 1. The minimum atomic E-state index is -3.48. The van der Waals surface area contributed by atoms with Gasteiger partial charge < -0.3 is 10.6 Å². The lowest BCUT2D eigenvalue weighted by molar-refractivity contribution is 0.220. The van der Waals surface area contributed by atoms with E-state index in [0.717, 1.165) is 31.5 Å². The summed E-state index contributed by atoms with van der Waals surface area (Å²) < 4.78 is 27.7. The van der Waals surface area contributed by atoms with E-state index in [1.165, 1.54) is 0 Å². The normalized spacial score (nSPS) is 18.0. The molecule has 1 saturated heterocycles. The van der Waals surface area contributed by atoms with Crippen LogP contribution in [0.3, 0.4) is 0 Å². The third kappa shape index (κ3) is 4.18. The van der Waals surface area contributed by atoms with Crippen molar-refractivity contribution in [1.29, 1.82) is 0 Å². The molecule has 3 N–H and O–H groups in total. The zero-order valence-corrected chi connectivity index (χ0v) is 13.6. The first-order valence-corrected chi connectivity index (χ1v) is 8.97. The van der Waals surface area contributed by atoms with Crippen LogP contribution in [0.25, 0.3) is 0 Å². The second-order valence-electron chi connectivity index (χ2n) is 5.82. The molecule has 1 heterocycles. The van der Waals surface area contributed by atoms with Gasteiger partial charge in [0.05, 0.1) is 4.90 Å². The highest BCUT2D eigenvalue weighted by molar-refractivity contribution is 7.89. The Bertz CT molecular complexity index is 579. The summed E-state index contributed by atoms with van der Waals surface area (Å²) >= 11 is 0. The van der Waals surface area contributed by atoms with Crippen LogP contribution in [0.15, 0.2) is 23.1 Å². The maximum Gasteiger partial charge on any atom is 0.240 e. The van der Waals surface area contributed by atoms with Gasteiger partial charge in [0.25, 0.3) is 0 Å². The fourth-order valence-electron chi connectivity index (χ4n) is 2.68. The molecule has 1 aromatic rings. The zero-order chi connectivity index (χ0) is 15.5. The number of rotatable bonds is 5. The van der Waals surface area contributed by atoms with Gasteiger partial charge in [-0.3, -0.25) is 0 Å². The molecule has 5 nitrogen and oxygen atoms in total. The van der Waals surface area contributed by atoms with Crippen molar-refractivity contribution in [2.24, 2.45) is 5.92 Å². The molecule has 1 aliphatic rings. The van der Waals surface area contributed by atoms with Gasteiger partial charge in [0.1, 0.15) is 0 Å². The average Bonchev–Trinajstić information content (AvgIpc) is 2.47. The zero-order valence-electron chi connectivity index (χ0n) is 12.8. The molecule has 0 radical (unpaired) electrons. The van der Waals surface area contributed by atoms with Crippen molar-refractivity contribution < 1.29 is 8.42 Å². The Labute approximate surface area is 127 Å². The summed E-state index contributed by atoms with van der Waals surface area (Å²) in [4.78, 5) is 2.59. The van der Waals surface area contributed by atoms with Gasteiger partial charge in [-0.15, -0.1) is 0 Å². The summed E-state index contributed by atoms with van der Waals surface area (Å²) in [6.07, 6.45) is 2.75. The number of benzene rings is 1. The molecule has 0 atom stereocenters. The number of hydrogen-bond acceptors (Lipinski definition) is 4. The van der Waals surface area contributed by atoms with Crippen molar-refractivity contribution in [2.75, 3.05) is 32.4 Å². The maximum absolute atomic E-state index is 12.5. The standard InChI is InChI=1S/C15H25N3O2S/c1-3-13-4-5-14(16)10-15(13)21(19,20)17-11-12-6-8-18(2)9-7-12/h4-5,10,12,17H,3,6-9,11,16H2,1-2H3. The van der Waals surface area contributed by atoms with E-state index in [2.05, 4.69) is 16.7 Å². The summed E-state index contributed by atoms with van der Waals surface area (Å²) in [6.45, 7) is 4.52. The highest BCUT2D eigenvalue weighted by Crippen LogP contribution is 2.21. The Hall–Kier alpha value is -1.11. The number of hydrogen-bond donors (Lipinski definition) is 2. The quantitative estimate of drug-likeness (QED) is 0.807. The highest BCUT2D eigenvalue weighted by Gasteiger charge is 2.22. The Morgan fingerprint density at radius 1 is 1.33 bits per heavy atom. The first-order chi connectivity index (χ1) is 9.92. The van der Waals surface area contributed by atoms with Gasteiger partial charge in [0.2, 0.25) is 10.0 Å². The number of aryl methyl sites for hydroxylation is 1. The third-order valence-electron chi connectivity index (χ3n) is 4.16. The highest BCUT2D eigenvalue weighted by atomic mass is 32.2. The molecule has 1 fully saturated rings. The molecule has 21 heavy (non-hydrogen) atoms. The molecular weight excluding hydrogens is 286 g/mol. The van der Waals surface area contributed by atoms with Crippen LogP contribution in [-0.4, -0.2) is 40.0 Å². The van der Waals surface area contributed by atoms with Crippen LogP contribution in [0.1, 0.15) is 25.3 Å². The maximum atomic E-state index is 12.5. The number of anilines is 1. The van der Waals surface area contributed by atoms with Crippen LogP contribution in [0.5, 0.6) is 0 Å². The number of nitrogens with one attached hydrogen (secondary N) is 1. The van der Waals surface area contributed by atoms with Crippen molar-refractivity contribution in [3.8, 4) is 0 Å². The third-order valence-corrected chi connectivity index (χ3v) is 5.67. The predicted molar refractivity (Wildman–Crippen MR) is 85.6 cm³/mol. The van der Waals surface area contributed by atoms with E-state index in [4.69, 9.17) is 5.73 Å². The molecule has 2 rings (SSSR count). The van der Waals surface area contributed by atoms with Crippen molar-refractivity contribution in [2.45, 2.75) is 31.1 Å². The average molecular weight is 311 g/mol. The van der Waals surface area contributed by atoms with Crippen molar-refractivity contribution in [3.05, 3.63) is 23.8 Å². The lowest BCUT2D eigenvalue weighted by Crippen LogP contribution is -2.37. The van der Waals surface area contributed by atoms with Crippen LogP contribution < -0.4 is 10.5 Å². The van der Waals surface area contributed by atoms with E-state index in [9.17, 15) is 8.42 Å². The molecule has 0 aromatic heterocycles. The predicted octanol–water partition coefficient (Wildman–Crippen LogP) is 1.45. The van der Waals surface area contributed by atoms with Crippen molar-refractivity contribution in [1.82, 2.24) is 9.62 Å². The SMILES string of the molecule is CCc1ccc(N)cc1S(=O)(=O)NCC1CCN(C)CC1. The van der Waals surface area contributed by atoms with Crippen LogP contribution in [0, 0.1) is 5.92 Å². The van der Waals surface area contributed by atoms with Gasteiger partial charge in [-0.1, -0.05) is 13.0 Å².